The van der Waals surface area contributed by atoms with Crippen LogP contribution in [-0.2, 0) is 27.3 Å². The maximum absolute atomic E-state index is 13.2. The number of aliphatic hydroxyl groups is 1. The molecule has 1 saturated heterocycles. The van der Waals surface area contributed by atoms with Gasteiger partial charge in [-0.3, -0.25) is 14.9 Å². The second kappa shape index (κ2) is 12.4. The number of amides is 2. The number of carboxylic acids is 1. The predicted molar refractivity (Wildman–Crippen MR) is 152 cm³/mol. The van der Waals surface area contributed by atoms with Crippen LogP contribution in [0.2, 0.25) is 10.0 Å². The molecule has 3 aliphatic heterocycles. The Morgan fingerprint density at radius 3 is 2.69 bits per heavy atom. The van der Waals surface area contributed by atoms with Crippen molar-refractivity contribution in [1.29, 1.82) is 5.26 Å². The number of nitriles is 1. The number of aliphatic carboxylic acids is 1. The summed E-state index contributed by atoms with van der Waals surface area (Å²) in [4.78, 5) is 45.8. The van der Waals surface area contributed by atoms with Gasteiger partial charge in [0.05, 0.1) is 28.3 Å². The number of carbonyl (C=O) groups excluding carboxylic acids is 2. The summed E-state index contributed by atoms with van der Waals surface area (Å²) in [6.07, 6.45) is 11.3. The van der Waals surface area contributed by atoms with E-state index in [4.69, 9.17) is 33.2 Å². The van der Waals surface area contributed by atoms with E-state index in [1.165, 1.54) is 0 Å². The van der Waals surface area contributed by atoms with E-state index < -0.39 is 24.0 Å². The second-order valence-electron chi connectivity index (χ2n) is 10.3. The Morgan fingerprint density at radius 2 is 2.00 bits per heavy atom. The number of rotatable bonds is 6. The zero-order valence-electron chi connectivity index (χ0n) is 22.3. The van der Waals surface area contributed by atoms with Crippen molar-refractivity contribution < 1.29 is 29.3 Å². The van der Waals surface area contributed by atoms with Crippen molar-refractivity contribution in [3.8, 4) is 6.19 Å². The molecule has 4 atom stereocenters. The van der Waals surface area contributed by atoms with E-state index in [1.807, 2.05) is 30.4 Å². The van der Waals surface area contributed by atoms with Crippen LogP contribution in [0.25, 0.3) is 0 Å². The molecule has 14 heteroatoms. The molecule has 2 amide bonds. The monoisotopic (exact) mass is 614 g/mol. The van der Waals surface area contributed by atoms with E-state index in [9.17, 15) is 24.6 Å². The fourth-order valence-electron chi connectivity index (χ4n) is 5.34. The first-order valence-corrected chi connectivity index (χ1v) is 14.1. The minimum atomic E-state index is -1.45. The van der Waals surface area contributed by atoms with Crippen LogP contribution in [0.5, 0.6) is 0 Å². The molecule has 3 heterocycles. The van der Waals surface area contributed by atoms with Gasteiger partial charge >= 0.3 is 5.97 Å². The highest BCUT2D eigenvalue weighted by atomic mass is 35.5. The Morgan fingerprint density at radius 1 is 1.21 bits per heavy atom. The number of hydrogen-bond acceptors (Lipinski definition) is 7. The Hall–Kier alpha value is -4.05. The van der Waals surface area contributed by atoms with E-state index in [2.05, 4.69) is 15.6 Å². The lowest BCUT2D eigenvalue weighted by molar-refractivity contribution is -0.139. The molecule has 42 heavy (non-hydrogen) atoms. The fraction of sp³-hybridized carbons (Fsp3) is 0.393. The van der Waals surface area contributed by atoms with E-state index >= 15 is 0 Å². The van der Waals surface area contributed by atoms with Gasteiger partial charge in [0.15, 0.2) is 12.0 Å². The van der Waals surface area contributed by atoms with Crippen LogP contribution in [0, 0.1) is 17.4 Å². The van der Waals surface area contributed by atoms with E-state index in [0.717, 1.165) is 0 Å². The number of aliphatic hydroxyl groups excluding tert-OH is 1. The number of guanidine groups is 1. The number of aliphatic imine (C=N–C) groups is 1. The van der Waals surface area contributed by atoms with Crippen molar-refractivity contribution in [2.24, 2.45) is 10.9 Å². The van der Waals surface area contributed by atoms with Crippen LogP contribution >= 0.6 is 23.2 Å². The minimum Gasteiger partial charge on any atom is -0.480 e. The summed E-state index contributed by atoms with van der Waals surface area (Å²) in [5.41, 5.74) is 1.25. The summed E-state index contributed by atoms with van der Waals surface area (Å²) in [6, 6.07) is 0.109. The number of hydrogen-bond donors (Lipinski definition) is 4. The molecule has 220 valence electrons. The molecule has 1 aromatic rings. The van der Waals surface area contributed by atoms with Crippen molar-refractivity contribution in [3.63, 3.8) is 0 Å². The van der Waals surface area contributed by atoms with E-state index in [1.54, 1.807) is 22.1 Å². The molecular formula is C28H28Cl2N6O6. The Bertz CT molecular complexity index is 1470. The largest absolute Gasteiger partial charge is 0.480 e. The minimum absolute atomic E-state index is 0.00806. The Balaban J connectivity index is 1.29. The van der Waals surface area contributed by atoms with Gasteiger partial charge in [-0.15, -0.1) is 0 Å². The number of ether oxygens (including phenoxy) is 1. The van der Waals surface area contributed by atoms with Gasteiger partial charge in [0.2, 0.25) is 5.96 Å². The van der Waals surface area contributed by atoms with E-state index in [0.29, 0.717) is 37.1 Å². The molecule has 4 aliphatic rings. The van der Waals surface area contributed by atoms with Crippen LogP contribution in [0.3, 0.4) is 0 Å². The number of allylic oxidation sites excluding steroid dienone is 2. The SMILES string of the molecule is N#CNC(=NC[C@H](NC(=O)c1c(Cl)cc2c(c1Cl)CCN(C(=O)C1=CC3C=CC=CC3O1)C2)C(=O)O)N1CC[C@H](O)C1. The van der Waals surface area contributed by atoms with Gasteiger partial charge in [0.1, 0.15) is 12.1 Å². The van der Waals surface area contributed by atoms with Crippen molar-refractivity contribution in [2.75, 3.05) is 26.2 Å². The number of β-amino-alcohol motifs (C(OH)–C–C–N with tert-alkyl or cyclic N) is 1. The molecule has 1 fully saturated rings. The van der Waals surface area contributed by atoms with Gasteiger partial charge in [0.25, 0.3) is 11.8 Å². The van der Waals surface area contributed by atoms with Crippen molar-refractivity contribution in [3.05, 3.63) is 68.9 Å². The summed E-state index contributed by atoms with van der Waals surface area (Å²) in [6.45, 7) is 0.829. The molecule has 0 bridgehead atoms. The highest BCUT2D eigenvalue weighted by Gasteiger charge is 2.35. The summed E-state index contributed by atoms with van der Waals surface area (Å²) >= 11 is 13.1. The number of benzene rings is 1. The molecule has 0 spiro atoms. The molecule has 4 N–H and O–H groups in total. The summed E-state index contributed by atoms with van der Waals surface area (Å²) < 4.78 is 5.84. The van der Waals surface area contributed by atoms with Gasteiger partial charge in [-0.2, -0.15) is 5.26 Å². The third-order valence-corrected chi connectivity index (χ3v) is 8.23. The Kier molecular flexibility index (Phi) is 8.72. The lowest BCUT2D eigenvalue weighted by Crippen LogP contribution is -2.45. The highest BCUT2D eigenvalue weighted by molar-refractivity contribution is 6.40. The normalized spacial score (nSPS) is 23.3. The first kappa shape index (κ1) is 29.4. The zero-order valence-corrected chi connectivity index (χ0v) is 23.8. The standard InChI is InChI=1S/C28H28Cl2N6O6/c29-19-9-16-12-35(26(39)22-10-15-3-1-2-4-21(15)42-22)8-6-18(16)24(30)23(19)25(38)34-20(27(40)41)11-32-28(33-14-31)36-7-5-17(37)13-36/h1-4,9-10,15,17,20-21,37H,5-8,11-13H2,(H,32,33)(H,34,38)(H,40,41)/t15?,17-,20-,21?/m0/s1. The van der Waals surface area contributed by atoms with Gasteiger partial charge in [0, 0.05) is 32.1 Å². The third-order valence-electron chi connectivity index (χ3n) is 7.52. The number of halogens is 2. The van der Waals surface area contributed by atoms with Gasteiger partial charge in [-0.1, -0.05) is 41.4 Å². The molecule has 0 radical (unpaired) electrons. The molecule has 1 aromatic carbocycles. The van der Waals surface area contributed by atoms with Crippen molar-refractivity contribution in [2.45, 2.75) is 37.6 Å². The fourth-order valence-corrected chi connectivity index (χ4v) is 6.10. The topological polar surface area (TPSA) is 168 Å². The predicted octanol–water partition coefficient (Wildman–Crippen LogP) is 1.58. The average Bonchev–Trinajstić information content (AvgIpc) is 3.60. The molecule has 0 saturated carbocycles. The summed E-state index contributed by atoms with van der Waals surface area (Å²) in [5.74, 6) is -1.99. The lowest BCUT2D eigenvalue weighted by atomic mass is 9.96. The number of fused-ring (bicyclic) bond motifs is 2. The number of carbonyl (C=O) groups is 3. The van der Waals surface area contributed by atoms with Crippen LogP contribution in [0.15, 0.2) is 47.2 Å². The van der Waals surface area contributed by atoms with Gasteiger partial charge < -0.3 is 30.1 Å². The number of nitrogens with zero attached hydrogens (tertiary/aromatic N) is 4. The van der Waals surface area contributed by atoms with Crippen LogP contribution in [-0.4, -0.2) is 88.2 Å². The maximum atomic E-state index is 13.2. The van der Waals surface area contributed by atoms with Crippen molar-refractivity contribution >= 4 is 46.9 Å². The smallest absolute Gasteiger partial charge is 0.328 e. The van der Waals surface area contributed by atoms with Crippen LogP contribution in [0.1, 0.15) is 27.9 Å². The number of nitrogens with one attached hydrogen (secondary N) is 2. The number of carboxylic acid groups (broad SMARTS) is 1. The molecule has 5 rings (SSSR count). The quantitative estimate of drug-likeness (QED) is 0.161. The maximum Gasteiger partial charge on any atom is 0.328 e. The number of likely N-dealkylation sites (tertiary alicyclic amines) is 1. The summed E-state index contributed by atoms with van der Waals surface area (Å²) in [5, 5.41) is 33.5. The molecule has 0 aromatic heterocycles. The van der Waals surface area contributed by atoms with Gasteiger partial charge in [-0.25, -0.2) is 9.79 Å². The van der Waals surface area contributed by atoms with Crippen molar-refractivity contribution in [1.82, 2.24) is 20.4 Å². The first-order chi connectivity index (χ1) is 20.2. The van der Waals surface area contributed by atoms with Crippen LogP contribution in [0.4, 0.5) is 0 Å². The third kappa shape index (κ3) is 6.09. The van der Waals surface area contributed by atoms with E-state index in [-0.39, 0.29) is 64.9 Å². The second-order valence-corrected chi connectivity index (χ2v) is 11.1. The Labute approximate surface area is 251 Å². The zero-order chi connectivity index (χ0) is 30.0. The summed E-state index contributed by atoms with van der Waals surface area (Å²) in [7, 11) is 0. The van der Waals surface area contributed by atoms with Crippen LogP contribution < -0.4 is 10.6 Å². The molecular weight excluding hydrogens is 587 g/mol. The molecule has 2 unspecified atom stereocenters. The molecule has 12 nitrogen and oxygen atoms in total. The average molecular weight is 615 g/mol. The first-order valence-electron chi connectivity index (χ1n) is 13.3. The van der Waals surface area contributed by atoms with Gasteiger partial charge in [-0.05, 0) is 42.2 Å². The highest BCUT2D eigenvalue weighted by Crippen LogP contribution is 2.36. The lowest BCUT2D eigenvalue weighted by Gasteiger charge is -2.30. The molecule has 1 aliphatic carbocycles.